The van der Waals surface area contributed by atoms with Gasteiger partial charge in [0, 0.05) is 6.54 Å². The summed E-state index contributed by atoms with van der Waals surface area (Å²) < 4.78 is 0. The summed E-state index contributed by atoms with van der Waals surface area (Å²) in [6, 6.07) is 6.16. The number of hydrogen-bond donors (Lipinski definition) is 1. The molecule has 1 rings (SSSR count). The number of alkyl halides is 1. The second-order valence-electron chi connectivity index (χ2n) is 3.34. The first kappa shape index (κ1) is 11.1. The highest BCUT2D eigenvalue weighted by atomic mass is 35.5. The summed E-state index contributed by atoms with van der Waals surface area (Å²) in [6.45, 7) is 4.64. The molecule has 0 unspecified atom stereocenters. The van der Waals surface area contributed by atoms with Crippen molar-refractivity contribution in [1.82, 2.24) is 5.32 Å². The van der Waals surface area contributed by atoms with Crippen molar-refractivity contribution >= 4 is 17.5 Å². The van der Waals surface area contributed by atoms with Crippen LogP contribution in [0.2, 0.25) is 0 Å². The highest BCUT2D eigenvalue weighted by molar-refractivity contribution is 6.27. The number of hydrogen-bond acceptors (Lipinski definition) is 1. The van der Waals surface area contributed by atoms with Crippen LogP contribution in [0.1, 0.15) is 16.7 Å². The second-order valence-corrected chi connectivity index (χ2v) is 3.61. The lowest BCUT2D eigenvalue weighted by Gasteiger charge is -2.07. The molecule has 0 fully saturated rings. The molecule has 1 aromatic carbocycles. The highest BCUT2D eigenvalue weighted by Gasteiger charge is 2.01. The Morgan fingerprint density at radius 1 is 1.43 bits per heavy atom. The van der Waals surface area contributed by atoms with Crippen molar-refractivity contribution in [2.75, 3.05) is 5.88 Å². The molecule has 0 radical (unpaired) electrons. The molecule has 0 aromatic heterocycles. The van der Waals surface area contributed by atoms with E-state index in [1.807, 2.05) is 26.0 Å². The summed E-state index contributed by atoms with van der Waals surface area (Å²) in [4.78, 5) is 10.9. The van der Waals surface area contributed by atoms with E-state index in [9.17, 15) is 4.79 Å². The number of rotatable bonds is 3. The lowest BCUT2D eigenvalue weighted by atomic mass is 10.1. The summed E-state index contributed by atoms with van der Waals surface area (Å²) >= 11 is 5.37. The standard InChI is InChI=1S/C11H14ClNO/c1-8-3-4-10(9(2)5-8)7-13-11(14)6-12/h3-5H,6-7H2,1-2H3,(H,13,14). The molecule has 14 heavy (non-hydrogen) atoms. The van der Waals surface area contributed by atoms with Crippen LogP contribution in [-0.4, -0.2) is 11.8 Å². The maximum absolute atomic E-state index is 10.9. The smallest absolute Gasteiger partial charge is 0.235 e. The van der Waals surface area contributed by atoms with Crippen LogP contribution in [0.3, 0.4) is 0 Å². The molecule has 0 aliphatic rings. The van der Waals surface area contributed by atoms with Crippen LogP contribution in [0.5, 0.6) is 0 Å². The summed E-state index contributed by atoms with van der Waals surface area (Å²) in [6.07, 6.45) is 0. The molecule has 1 N–H and O–H groups in total. The fourth-order valence-electron chi connectivity index (χ4n) is 1.29. The van der Waals surface area contributed by atoms with Gasteiger partial charge in [-0.2, -0.15) is 0 Å². The molecule has 0 atom stereocenters. The van der Waals surface area contributed by atoms with E-state index < -0.39 is 0 Å². The third-order valence-corrected chi connectivity index (χ3v) is 2.34. The van der Waals surface area contributed by atoms with Gasteiger partial charge in [0.25, 0.3) is 0 Å². The van der Waals surface area contributed by atoms with E-state index in [1.165, 1.54) is 11.1 Å². The van der Waals surface area contributed by atoms with Gasteiger partial charge < -0.3 is 5.32 Å². The molecule has 0 spiro atoms. The minimum absolute atomic E-state index is 0.0188. The molecule has 0 bridgehead atoms. The molecule has 0 saturated heterocycles. The topological polar surface area (TPSA) is 29.1 Å². The Hall–Kier alpha value is -1.02. The molecule has 0 saturated carbocycles. The number of carbonyl (C=O) groups is 1. The normalized spacial score (nSPS) is 9.93. The minimum atomic E-state index is -0.133. The lowest BCUT2D eigenvalue weighted by molar-refractivity contribution is -0.118. The molecule has 2 nitrogen and oxygen atoms in total. The van der Waals surface area contributed by atoms with Crippen LogP contribution in [0.4, 0.5) is 0 Å². The van der Waals surface area contributed by atoms with Gasteiger partial charge in [-0.15, -0.1) is 11.6 Å². The summed E-state index contributed by atoms with van der Waals surface area (Å²) in [5.41, 5.74) is 3.56. The van der Waals surface area contributed by atoms with Crippen molar-refractivity contribution in [3.8, 4) is 0 Å². The van der Waals surface area contributed by atoms with Crippen LogP contribution in [0.25, 0.3) is 0 Å². The Morgan fingerprint density at radius 3 is 2.71 bits per heavy atom. The fourth-order valence-corrected chi connectivity index (χ4v) is 1.38. The SMILES string of the molecule is Cc1ccc(CNC(=O)CCl)c(C)c1. The van der Waals surface area contributed by atoms with E-state index in [-0.39, 0.29) is 11.8 Å². The maximum atomic E-state index is 10.9. The minimum Gasteiger partial charge on any atom is -0.351 e. The third kappa shape index (κ3) is 3.04. The Balaban J connectivity index is 2.63. The van der Waals surface area contributed by atoms with Gasteiger partial charge in [-0.25, -0.2) is 0 Å². The number of amides is 1. The fraction of sp³-hybridized carbons (Fsp3) is 0.364. The second kappa shape index (κ2) is 5.01. The molecular formula is C11H14ClNO. The van der Waals surface area contributed by atoms with E-state index in [0.29, 0.717) is 6.54 Å². The molecule has 0 aliphatic heterocycles. The first-order chi connectivity index (χ1) is 6.63. The van der Waals surface area contributed by atoms with Gasteiger partial charge >= 0.3 is 0 Å². The zero-order valence-corrected chi connectivity index (χ0v) is 9.19. The first-order valence-electron chi connectivity index (χ1n) is 4.52. The van der Waals surface area contributed by atoms with Gasteiger partial charge in [0.2, 0.25) is 5.91 Å². The molecule has 1 amide bonds. The Kier molecular flexibility index (Phi) is 3.96. The van der Waals surface area contributed by atoms with E-state index in [1.54, 1.807) is 0 Å². The molecule has 1 aromatic rings. The van der Waals surface area contributed by atoms with Gasteiger partial charge in [0.05, 0.1) is 0 Å². The van der Waals surface area contributed by atoms with Crippen LogP contribution < -0.4 is 5.32 Å². The summed E-state index contributed by atoms with van der Waals surface area (Å²) in [5.74, 6) is -0.114. The zero-order valence-electron chi connectivity index (χ0n) is 8.43. The summed E-state index contributed by atoms with van der Waals surface area (Å²) in [5, 5.41) is 2.74. The monoisotopic (exact) mass is 211 g/mol. The maximum Gasteiger partial charge on any atom is 0.235 e. The van der Waals surface area contributed by atoms with Crippen molar-refractivity contribution in [3.05, 3.63) is 34.9 Å². The van der Waals surface area contributed by atoms with Gasteiger partial charge in [-0.3, -0.25) is 4.79 Å². The average Bonchev–Trinajstić information content (AvgIpc) is 2.16. The van der Waals surface area contributed by atoms with E-state index in [4.69, 9.17) is 11.6 Å². The number of aryl methyl sites for hydroxylation is 2. The van der Waals surface area contributed by atoms with Gasteiger partial charge in [0.15, 0.2) is 0 Å². The van der Waals surface area contributed by atoms with Crippen molar-refractivity contribution in [1.29, 1.82) is 0 Å². The lowest BCUT2D eigenvalue weighted by Crippen LogP contribution is -2.24. The highest BCUT2D eigenvalue weighted by Crippen LogP contribution is 2.09. The molecule has 76 valence electrons. The third-order valence-electron chi connectivity index (χ3n) is 2.10. The number of halogens is 1. The Bertz CT molecular complexity index is 336. The number of benzene rings is 1. The molecule has 0 heterocycles. The largest absolute Gasteiger partial charge is 0.351 e. The quantitative estimate of drug-likeness (QED) is 0.763. The summed E-state index contributed by atoms with van der Waals surface area (Å²) in [7, 11) is 0. The van der Waals surface area contributed by atoms with Gasteiger partial charge in [0.1, 0.15) is 5.88 Å². The van der Waals surface area contributed by atoms with Crippen LogP contribution in [-0.2, 0) is 11.3 Å². The first-order valence-corrected chi connectivity index (χ1v) is 5.05. The Morgan fingerprint density at radius 2 is 2.14 bits per heavy atom. The van der Waals surface area contributed by atoms with Crippen LogP contribution in [0.15, 0.2) is 18.2 Å². The number of carbonyl (C=O) groups excluding carboxylic acids is 1. The molecule has 0 aliphatic carbocycles. The predicted octanol–water partition coefficient (Wildman–Crippen LogP) is 2.16. The average molecular weight is 212 g/mol. The predicted molar refractivity (Wildman–Crippen MR) is 58.5 cm³/mol. The van der Waals surface area contributed by atoms with Crippen molar-refractivity contribution < 1.29 is 4.79 Å². The van der Waals surface area contributed by atoms with E-state index >= 15 is 0 Å². The van der Waals surface area contributed by atoms with Gasteiger partial charge in [-0.05, 0) is 25.0 Å². The zero-order chi connectivity index (χ0) is 10.6. The van der Waals surface area contributed by atoms with Crippen molar-refractivity contribution in [2.24, 2.45) is 0 Å². The molecular weight excluding hydrogens is 198 g/mol. The van der Waals surface area contributed by atoms with Crippen LogP contribution >= 0.6 is 11.6 Å². The Labute approximate surface area is 89.3 Å². The van der Waals surface area contributed by atoms with E-state index in [2.05, 4.69) is 11.4 Å². The van der Waals surface area contributed by atoms with Crippen molar-refractivity contribution in [2.45, 2.75) is 20.4 Å². The number of nitrogens with one attached hydrogen (secondary N) is 1. The van der Waals surface area contributed by atoms with E-state index in [0.717, 1.165) is 5.56 Å². The van der Waals surface area contributed by atoms with Gasteiger partial charge in [-0.1, -0.05) is 23.8 Å². The molecule has 3 heteroatoms. The van der Waals surface area contributed by atoms with Crippen molar-refractivity contribution in [3.63, 3.8) is 0 Å². The van der Waals surface area contributed by atoms with Crippen LogP contribution in [0, 0.1) is 13.8 Å².